The van der Waals surface area contributed by atoms with Gasteiger partial charge in [0.25, 0.3) is 0 Å². The van der Waals surface area contributed by atoms with Gasteiger partial charge in [-0.15, -0.1) is 25.6 Å². The summed E-state index contributed by atoms with van der Waals surface area (Å²) >= 11 is 0. The summed E-state index contributed by atoms with van der Waals surface area (Å²) in [5, 5.41) is 3.29. The van der Waals surface area contributed by atoms with Crippen LogP contribution in [0.25, 0.3) is 0 Å². The lowest BCUT2D eigenvalue weighted by Crippen LogP contribution is -2.32. The number of ether oxygens (including phenoxy) is 1. The van der Waals surface area contributed by atoms with Gasteiger partial charge in [-0.05, 0) is 37.7 Å². The summed E-state index contributed by atoms with van der Waals surface area (Å²) in [5.74, 6) is -0.179. The van der Waals surface area contributed by atoms with E-state index >= 15 is 0 Å². The van der Waals surface area contributed by atoms with Gasteiger partial charge in [-0.1, -0.05) is 12.1 Å². The van der Waals surface area contributed by atoms with Crippen molar-refractivity contribution in [1.82, 2.24) is 10.2 Å². The van der Waals surface area contributed by atoms with Crippen LogP contribution in [0.3, 0.4) is 0 Å². The predicted molar refractivity (Wildman–Crippen MR) is 73.1 cm³/mol. The van der Waals surface area contributed by atoms with Gasteiger partial charge in [-0.2, -0.15) is 0 Å². The van der Waals surface area contributed by atoms with Gasteiger partial charge in [0.15, 0.2) is 0 Å². The van der Waals surface area contributed by atoms with Crippen molar-refractivity contribution in [3.63, 3.8) is 0 Å². The van der Waals surface area contributed by atoms with E-state index in [0.29, 0.717) is 6.04 Å². The number of hydrogen-bond donors (Lipinski definition) is 1. The summed E-state index contributed by atoms with van der Waals surface area (Å²) in [7, 11) is 2.03. The molecule has 1 N–H and O–H groups in total. The largest absolute Gasteiger partial charge is 0.573 e. The number of likely N-dealkylation sites (N-methyl/N-ethyl adjacent to an activating group) is 1. The van der Waals surface area contributed by atoms with Gasteiger partial charge in [0.2, 0.25) is 0 Å². The Bertz CT molecular complexity index is 405. The van der Waals surface area contributed by atoms with Crippen molar-refractivity contribution in [3.8, 4) is 5.75 Å². The average Bonchev–Trinajstić information content (AvgIpc) is 2.83. The maximum absolute atomic E-state index is 12.0. The van der Waals surface area contributed by atoms with E-state index in [1.165, 1.54) is 12.1 Å². The normalized spacial score (nSPS) is 18.9. The molecule has 1 atom stereocenters. The number of hydrogen-bond acceptors (Lipinski definition) is 3. The highest BCUT2D eigenvalue weighted by molar-refractivity contribution is 5.85. The second-order valence-corrected chi connectivity index (χ2v) is 4.75. The van der Waals surface area contributed by atoms with E-state index in [0.717, 1.165) is 31.6 Å². The first-order chi connectivity index (χ1) is 8.94. The molecule has 1 aromatic carbocycles. The zero-order valence-electron chi connectivity index (χ0n) is 11.1. The van der Waals surface area contributed by atoms with E-state index in [9.17, 15) is 13.2 Å². The summed E-state index contributed by atoms with van der Waals surface area (Å²) in [6.07, 6.45) is -3.53. The number of alkyl halides is 3. The van der Waals surface area contributed by atoms with E-state index in [4.69, 9.17) is 0 Å². The summed E-state index contributed by atoms with van der Waals surface area (Å²) in [4.78, 5) is 2.21. The quantitative estimate of drug-likeness (QED) is 0.925. The topological polar surface area (TPSA) is 24.5 Å². The Labute approximate surface area is 122 Å². The number of rotatable bonds is 4. The molecule has 0 amide bonds. The Morgan fingerprint density at radius 3 is 2.45 bits per heavy atom. The molecule has 1 unspecified atom stereocenters. The molecule has 0 bridgehead atoms. The van der Waals surface area contributed by atoms with Crippen LogP contribution in [0.4, 0.5) is 13.2 Å². The molecular formula is C13H18ClF3N2O. The van der Waals surface area contributed by atoms with E-state index in [1.807, 2.05) is 7.05 Å². The van der Waals surface area contributed by atoms with Gasteiger partial charge in [0, 0.05) is 19.1 Å². The summed E-state index contributed by atoms with van der Waals surface area (Å²) < 4.78 is 39.9. The van der Waals surface area contributed by atoms with Crippen molar-refractivity contribution >= 4 is 12.4 Å². The second-order valence-electron chi connectivity index (χ2n) is 4.75. The van der Waals surface area contributed by atoms with Gasteiger partial charge in [0.05, 0.1) is 0 Å². The first-order valence-electron chi connectivity index (χ1n) is 6.20. The van der Waals surface area contributed by atoms with Gasteiger partial charge in [-0.3, -0.25) is 4.90 Å². The summed E-state index contributed by atoms with van der Waals surface area (Å²) in [6.45, 7) is 2.71. The lowest BCUT2D eigenvalue weighted by atomic mass is 10.1. The third kappa shape index (κ3) is 5.19. The molecule has 1 aromatic rings. The maximum Gasteiger partial charge on any atom is 0.573 e. The minimum atomic E-state index is -4.63. The Kier molecular flexibility index (Phi) is 6.10. The molecule has 1 aliphatic heterocycles. The summed E-state index contributed by atoms with van der Waals surface area (Å²) in [6, 6.07) is 6.53. The molecule has 7 heteroatoms. The first kappa shape index (κ1) is 17.1. The molecule has 1 aliphatic rings. The SMILES string of the molecule is CN(Cc1ccc(OC(F)(F)F)cc1)C1CCNC1.Cl. The van der Waals surface area contributed by atoms with Crippen LogP contribution in [-0.4, -0.2) is 37.4 Å². The zero-order valence-corrected chi connectivity index (χ0v) is 11.9. The highest BCUT2D eigenvalue weighted by Gasteiger charge is 2.31. The number of halogens is 4. The lowest BCUT2D eigenvalue weighted by molar-refractivity contribution is -0.274. The second kappa shape index (κ2) is 7.15. The van der Waals surface area contributed by atoms with E-state index in [-0.39, 0.29) is 18.2 Å². The molecule has 0 spiro atoms. The lowest BCUT2D eigenvalue weighted by Gasteiger charge is -2.23. The standard InChI is InChI=1S/C13H17F3N2O.ClH/c1-18(11-6-7-17-8-11)9-10-2-4-12(5-3-10)19-13(14,15)16;/h2-5,11,17H,6-9H2,1H3;1H. The van der Waals surface area contributed by atoms with Crippen molar-refractivity contribution in [3.05, 3.63) is 29.8 Å². The fraction of sp³-hybridized carbons (Fsp3) is 0.538. The van der Waals surface area contributed by atoms with Crippen LogP contribution in [0.1, 0.15) is 12.0 Å². The van der Waals surface area contributed by atoms with Gasteiger partial charge in [-0.25, -0.2) is 0 Å². The Hall–Kier alpha value is -0.980. The molecule has 0 aliphatic carbocycles. The molecule has 0 aromatic heterocycles. The molecule has 3 nitrogen and oxygen atoms in total. The third-order valence-corrected chi connectivity index (χ3v) is 3.25. The highest BCUT2D eigenvalue weighted by Crippen LogP contribution is 2.23. The van der Waals surface area contributed by atoms with Gasteiger partial charge < -0.3 is 10.1 Å². The summed E-state index contributed by atoms with van der Waals surface area (Å²) in [5.41, 5.74) is 0.976. The highest BCUT2D eigenvalue weighted by atomic mass is 35.5. The van der Waals surface area contributed by atoms with Crippen LogP contribution >= 0.6 is 12.4 Å². The van der Waals surface area contributed by atoms with Crippen LogP contribution < -0.4 is 10.1 Å². The fourth-order valence-corrected chi connectivity index (χ4v) is 2.23. The van der Waals surface area contributed by atoms with E-state index in [2.05, 4.69) is 15.0 Å². The number of nitrogens with zero attached hydrogens (tertiary/aromatic N) is 1. The van der Waals surface area contributed by atoms with Gasteiger partial charge >= 0.3 is 6.36 Å². The van der Waals surface area contributed by atoms with Gasteiger partial charge in [0.1, 0.15) is 5.75 Å². The van der Waals surface area contributed by atoms with Crippen LogP contribution in [0.5, 0.6) is 5.75 Å². The Morgan fingerprint density at radius 2 is 1.95 bits per heavy atom. The molecule has 20 heavy (non-hydrogen) atoms. The molecule has 0 radical (unpaired) electrons. The van der Waals surface area contributed by atoms with Crippen molar-refractivity contribution in [2.24, 2.45) is 0 Å². The van der Waals surface area contributed by atoms with Crippen LogP contribution in [0.2, 0.25) is 0 Å². The molecule has 0 saturated carbocycles. The molecule has 114 valence electrons. The fourth-order valence-electron chi connectivity index (χ4n) is 2.23. The van der Waals surface area contributed by atoms with Crippen LogP contribution in [-0.2, 0) is 6.54 Å². The van der Waals surface area contributed by atoms with Crippen molar-refractivity contribution in [1.29, 1.82) is 0 Å². The smallest absolute Gasteiger partial charge is 0.406 e. The number of nitrogens with one attached hydrogen (secondary N) is 1. The Balaban J connectivity index is 0.00000200. The van der Waals surface area contributed by atoms with Crippen LogP contribution in [0.15, 0.2) is 24.3 Å². The Morgan fingerprint density at radius 1 is 1.30 bits per heavy atom. The monoisotopic (exact) mass is 310 g/mol. The minimum absolute atomic E-state index is 0. The predicted octanol–water partition coefficient (Wildman–Crippen LogP) is 2.80. The molecule has 1 saturated heterocycles. The van der Waals surface area contributed by atoms with E-state index < -0.39 is 6.36 Å². The van der Waals surface area contributed by atoms with Crippen molar-refractivity contribution < 1.29 is 17.9 Å². The average molecular weight is 311 g/mol. The van der Waals surface area contributed by atoms with Crippen LogP contribution in [0, 0.1) is 0 Å². The molecular weight excluding hydrogens is 293 g/mol. The first-order valence-corrected chi connectivity index (χ1v) is 6.20. The van der Waals surface area contributed by atoms with E-state index in [1.54, 1.807) is 12.1 Å². The van der Waals surface area contributed by atoms with Crippen molar-refractivity contribution in [2.75, 3.05) is 20.1 Å². The molecule has 1 fully saturated rings. The molecule has 2 rings (SSSR count). The number of benzene rings is 1. The minimum Gasteiger partial charge on any atom is -0.406 e. The van der Waals surface area contributed by atoms with Crippen molar-refractivity contribution in [2.45, 2.75) is 25.4 Å². The molecule has 1 heterocycles. The third-order valence-electron chi connectivity index (χ3n) is 3.25. The zero-order chi connectivity index (χ0) is 13.9. The maximum atomic E-state index is 12.0.